The summed E-state index contributed by atoms with van der Waals surface area (Å²) in [5.41, 5.74) is 1.77. The number of aromatic nitrogens is 4. The van der Waals surface area contributed by atoms with Gasteiger partial charge in [0, 0.05) is 13.2 Å². The third-order valence-corrected chi connectivity index (χ3v) is 4.08. The Hall–Kier alpha value is -3.49. The summed E-state index contributed by atoms with van der Waals surface area (Å²) >= 11 is 0. The molecule has 1 aromatic carbocycles. The number of hydrogen-bond donors (Lipinski definition) is 1. The van der Waals surface area contributed by atoms with Crippen LogP contribution in [0.3, 0.4) is 0 Å². The minimum absolute atomic E-state index is 0.0932. The number of carbonyl (C=O) groups is 1. The first-order valence-corrected chi connectivity index (χ1v) is 8.20. The van der Waals surface area contributed by atoms with Crippen LogP contribution in [0.25, 0.3) is 0 Å². The molecule has 0 aliphatic rings. The molecule has 0 saturated carbocycles. The van der Waals surface area contributed by atoms with Gasteiger partial charge in [0.05, 0.1) is 31.8 Å². The Balaban J connectivity index is 1.68. The molecule has 142 valence electrons. The summed E-state index contributed by atoms with van der Waals surface area (Å²) < 4.78 is 19.6. The van der Waals surface area contributed by atoms with E-state index in [0.29, 0.717) is 22.9 Å². The van der Waals surface area contributed by atoms with E-state index in [-0.39, 0.29) is 18.3 Å². The van der Waals surface area contributed by atoms with Crippen LogP contribution in [0, 0.1) is 6.92 Å². The number of carbonyl (C=O) groups excluding carboxylic acids is 1. The summed E-state index contributed by atoms with van der Waals surface area (Å²) in [7, 11) is 4.92. The monoisotopic (exact) mass is 371 g/mol. The maximum atomic E-state index is 12.4. The Morgan fingerprint density at radius 2 is 1.89 bits per heavy atom. The maximum Gasteiger partial charge on any atom is 0.276 e. The zero-order valence-corrected chi connectivity index (χ0v) is 15.6. The summed E-state index contributed by atoms with van der Waals surface area (Å²) in [6.45, 7) is 1.96. The first-order valence-electron chi connectivity index (χ1n) is 8.20. The number of para-hydroxylation sites is 1. The number of nitrogens with one attached hydrogen (secondary N) is 1. The molecule has 0 unspecified atom stereocenters. The van der Waals surface area contributed by atoms with E-state index in [1.54, 1.807) is 55.6 Å². The molecule has 27 heavy (non-hydrogen) atoms. The Morgan fingerprint density at radius 3 is 2.48 bits per heavy atom. The lowest BCUT2D eigenvalue weighted by Gasteiger charge is -2.13. The number of methoxy groups -OCH3 is 2. The molecule has 0 bridgehead atoms. The summed E-state index contributed by atoms with van der Waals surface area (Å²) in [5, 5.41) is 11.1. The van der Waals surface area contributed by atoms with Gasteiger partial charge in [-0.05, 0) is 25.1 Å². The summed E-state index contributed by atoms with van der Waals surface area (Å²) in [6.07, 6.45) is 3.26. The van der Waals surface area contributed by atoms with Gasteiger partial charge < -0.3 is 19.5 Å². The molecule has 1 amide bonds. The predicted octanol–water partition coefficient (Wildman–Crippen LogP) is 2.23. The Labute approximate surface area is 156 Å². The second-order valence-corrected chi connectivity index (χ2v) is 5.73. The lowest BCUT2D eigenvalue weighted by Crippen LogP contribution is -2.15. The quantitative estimate of drug-likeness (QED) is 0.685. The van der Waals surface area contributed by atoms with Gasteiger partial charge in [0.2, 0.25) is 5.75 Å². The second-order valence-electron chi connectivity index (χ2n) is 5.73. The normalized spacial score (nSPS) is 10.5. The predicted molar refractivity (Wildman–Crippen MR) is 98.3 cm³/mol. The number of hydrogen-bond acceptors (Lipinski definition) is 6. The maximum absolute atomic E-state index is 12.4. The van der Waals surface area contributed by atoms with Crippen molar-refractivity contribution in [1.29, 1.82) is 0 Å². The molecule has 2 heterocycles. The fourth-order valence-corrected chi connectivity index (χ4v) is 2.45. The van der Waals surface area contributed by atoms with E-state index in [0.717, 1.165) is 5.69 Å². The van der Waals surface area contributed by atoms with Crippen LogP contribution in [-0.2, 0) is 13.8 Å². The number of anilines is 1. The average molecular weight is 371 g/mol. The molecule has 0 aliphatic carbocycles. The minimum Gasteiger partial charge on any atom is -0.493 e. The van der Waals surface area contributed by atoms with Gasteiger partial charge in [-0.2, -0.15) is 10.2 Å². The summed E-state index contributed by atoms with van der Waals surface area (Å²) in [6, 6.07) is 6.97. The molecule has 0 aliphatic heterocycles. The molecule has 0 spiro atoms. The van der Waals surface area contributed by atoms with E-state index in [2.05, 4.69) is 15.5 Å². The number of rotatable bonds is 7. The van der Waals surface area contributed by atoms with Gasteiger partial charge in [0.1, 0.15) is 0 Å². The lowest BCUT2D eigenvalue weighted by atomic mass is 10.3. The largest absolute Gasteiger partial charge is 0.493 e. The van der Waals surface area contributed by atoms with E-state index in [1.165, 1.54) is 4.68 Å². The van der Waals surface area contributed by atoms with Gasteiger partial charge in [-0.15, -0.1) is 0 Å². The Bertz CT molecular complexity index is 925. The van der Waals surface area contributed by atoms with Crippen molar-refractivity contribution in [3.8, 4) is 17.2 Å². The molecule has 3 aromatic rings. The van der Waals surface area contributed by atoms with Gasteiger partial charge >= 0.3 is 0 Å². The zero-order valence-electron chi connectivity index (χ0n) is 15.6. The van der Waals surface area contributed by atoms with Crippen LogP contribution < -0.4 is 19.5 Å². The number of amides is 1. The summed E-state index contributed by atoms with van der Waals surface area (Å²) in [4.78, 5) is 12.4. The molecule has 3 rings (SSSR count). The summed E-state index contributed by atoms with van der Waals surface area (Å²) in [5.74, 6) is 1.24. The standard InChI is InChI=1S/C18H21N5O4/c1-12-14(10-19-22(12)2)20-18(24)13-8-9-23(21-13)11-27-17-15(25-3)6-5-7-16(17)26-4/h5-10H,11H2,1-4H3,(H,20,24). The highest BCUT2D eigenvalue weighted by atomic mass is 16.5. The first-order chi connectivity index (χ1) is 13.0. The Kier molecular flexibility index (Phi) is 5.30. The van der Waals surface area contributed by atoms with E-state index in [1.807, 2.05) is 14.0 Å². The zero-order chi connectivity index (χ0) is 19.4. The van der Waals surface area contributed by atoms with Crippen molar-refractivity contribution >= 4 is 11.6 Å². The van der Waals surface area contributed by atoms with Gasteiger partial charge in [-0.1, -0.05) is 6.07 Å². The van der Waals surface area contributed by atoms with Crippen molar-refractivity contribution in [2.24, 2.45) is 7.05 Å². The van der Waals surface area contributed by atoms with Crippen LogP contribution in [-0.4, -0.2) is 39.7 Å². The molecule has 0 radical (unpaired) electrons. The smallest absolute Gasteiger partial charge is 0.276 e. The molecule has 9 heteroatoms. The van der Waals surface area contributed by atoms with E-state index >= 15 is 0 Å². The fourth-order valence-electron chi connectivity index (χ4n) is 2.45. The molecule has 0 saturated heterocycles. The van der Waals surface area contributed by atoms with Gasteiger partial charge in [0.15, 0.2) is 23.9 Å². The molecule has 0 atom stereocenters. The molecule has 9 nitrogen and oxygen atoms in total. The van der Waals surface area contributed by atoms with Crippen molar-refractivity contribution < 1.29 is 19.0 Å². The third-order valence-electron chi connectivity index (χ3n) is 4.08. The SMILES string of the molecule is COc1cccc(OC)c1OCn1ccc(C(=O)Nc2cnn(C)c2C)n1. The molecular weight excluding hydrogens is 350 g/mol. The number of nitrogens with zero attached hydrogens (tertiary/aromatic N) is 4. The third kappa shape index (κ3) is 3.86. The van der Waals surface area contributed by atoms with Crippen molar-refractivity contribution in [2.75, 3.05) is 19.5 Å². The van der Waals surface area contributed by atoms with Crippen LogP contribution in [0.5, 0.6) is 17.2 Å². The van der Waals surface area contributed by atoms with E-state index < -0.39 is 0 Å². The van der Waals surface area contributed by atoms with Crippen LogP contribution >= 0.6 is 0 Å². The average Bonchev–Trinajstić information content (AvgIpc) is 3.28. The highest BCUT2D eigenvalue weighted by Crippen LogP contribution is 2.36. The molecule has 1 N–H and O–H groups in total. The highest BCUT2D eigenvalue weighted by Gasteiger charge is 2.15. The molecule has 2 aromatic heterocycles. The van der Waals surface area contributed by atoms with Crippen LogP contribution in [0.2, 0.25) is 0 Å². The van der Waals surface area contributed by atoms with Crippen molar-refractivity contribution in [3.05, 3.63) is 48.0 Å². The van der Waals surface area contributed by atoms with Crippen molar-refractivity contribution in [2.45, 2.75) is 13.7 Å². The van der Waals surface area contributed by atoms with Gasteiger partial charge in [0.25, 0.3) is 5.91 Å². The van der Waals surface area contributed by atoms with Crippen molar-refractivity contribution in [3.63, 3.8) is 0 Å². The van der Waals surface area contributed by atoms with Crippen LogP contribution in [0.4, 0.5) is 5.69 Å². The second kappa shape index (κ2) is 7.81. The lowest BCUT2D eigenvalue weighted by molar-refractivity contribution is 0.102. The van der Waals surface area contributed by atoms with E-state index in [9.17, 15) is 4.79 Å². The Morgan fingerprint density at radius 1 is 1.19 bits per heavy atom. The van der Waals surface area contributed by atoms with Crippen molar-refractivity contribution in [1.82, 2.24) is 19.6 Å². The van der Waals surface area contributed by atoms with Crippen LogP contribution in [0.1, 0.15) is 16.2 Å². The highest BCUT2D eigenvalue weighted by molar-refractivity contribution is 6.03. The number of aryl methyl sites for hydroxylation is 1. The molecule has 0 fully saturated rings. The fraction of sp³-hybridized carbons (Fsp3) is 0.278. The topological polar surface area (TPSA) is 92.4 Å². The van der Waals surface area contributed by atoms with E-state index in [4.69, 9.17) is 14.2 Å². The van der Waals surface area contributed by atoms with Crippen LogP contribution in [0.15, 0.2) is 36.7 Å². The first kappa shape index (κ1) is 18.3. The minimum atomic E-state index is -0.320. The number of ether oxygens (including phenoxy) is 3. The van der Waals surface area contributed by atoms with Gasteiger partial charge in [-0.25, -0.2) is 4.68 Å². The van der Waals surface area contributed by atoms with Gasteiger partial charge in [-0.3, -0.25) is 9.48 Å². The molecular formula is C18H21N5O4. The number of benzene rings is 1.